The number of nitrogens with one attached hydrogen (secondary N) is 1. The summed E-state index contributed by atoms with van der Waals surface area (Å²) in [5.41, 5.74) is 1.20. The first-order valence-electron chi connectivity index (χ1n) is 7.85. The van der Waals surface area contributed by atoms with Gasteiger partial charge in [-0.2, -0.15) is 0 Å². The minimum Gasteiger partial charge on any atom is -0.375 e. The Morgan fingerprint density at radius 2 is 2.00 bits per heavy atom. The summed E-state index contributed by atoms with van der Waals surface area (Å²) in [6, 6.07) is 14.5. The molecule has 0 atom stereocenters. The van der Waals surface area contributed by atoms with Gasteiger partial charge in [0, 0.05) is 32.1 Å². The molecular weight excluding hydrogens is 433 g/mol. The highest BCUT2D eigenvalue weighted by atomic mass is 127. The predicted octanol–water partition coefficient (Wildman–Crippen LogP) is 3.63. The lowest BCUT2D eigenvalue weighted by Crippen LogP contribution is -2.41. The van der Waals surface area contributed by atoms with E-state index < -0.39 is 0 Å². The van der Waals surface area contributed by atoms with Crippen LogP contribution in [0.15, 0.2) is 52.8 Å². The second-order valence-electron chi connectivity index (χ2n) is 5.26. The maximum Gasteiger partial charge on any atom is 0.193 e. The Morgan fingerprint density at radius 1 is 1.21 bits per heavy atom. The molecule has 0 amide bonds. The van der Waals surface area contributed by atoms with Crippen LogP contribution < -0.4 is 5.32 Å². The number of hydrogen-bond donors (Lipinski definition) is 1. The van der Waals surface area contributed by atoms with Crippen molar-refractivity contribution in [2.75, 3.05) is 33.8 Å². The lowest BCUT2D eigenvalue weighted by atomic mass is 10.2. The average molecular weight is 459 g/mol. The molecule has 1 aromatic carbocycles. The summed E-state index contributed by atoms with van der Waals surface area (Å²) < 4.78 is 5.68. The number of hydrogen-bond acceptors (Lipinski definition) is 3. The molecule has 6 heteroatoms. The maximum atomic E-state index is 5.68. The van der Waals surface area contributed by atoms with Crippen LogP contribution in [0.2, 0.25) is 0 Å². The Balaban J connectivity index is 0.00000288. The van der Waals surface area contributed by atoms with E-state index in [0.29, 0.717) is 13.2 Å². The van der Waals surface area contributed by atoms with Crippen molar-refractivity contribution in [3.8, 4) is 0 Å². The Labute approximate surface area is 166 Å². The molecule has 0 saturated heterocycles. The third kappa shape index (κ3) is 7.63. The average Bonchev–Trinajstić information content (AvgIpc) is 3.10. The molecule has 0 bridgehead atoms. The van der Waals surface area contributed by atoms with Crippen molar-refractivity contribution in [1.29, 1.82) is 0 Å². The van der Waals surface area contributed by atoms with E-state index >= 15 is 0 Å². The molecule has 0 fully saturated rings. The summed E-state index contributed by atoms with van der Waals surface area (Å²) in [4.78, 5) is 7.87. The molecule has 0 aliphatic carbocycles. The number of ether oxygens (including phenoxy) is 1. The minimum absolute atomic E-state index is 0. The molecule has 4 nitrogen and oxygen atoms in total. The zero-order valence-electron chi connectivity index (χ0n) is 14.3. The Morgan fingerprint density at radius 3 is 2.67 bits per heavy atom. The summed E-state index contributed by atoms with van der Waals surface area (Å²) in [7, 11) is 3.88. The molecule has 2 aromatic rings. The van der Waals surface area contributed by atoms with Crippen LogP contribution in [-0.2, 0) is 17.8 Å². The summed E-state index contributed by atoms with van der Waals surface area (Å²) in [6.45, 7) is 3.01. The van der Waals surface area contributed by atoms with Crippen LogP contribution in [0.25, 0.3) is 0 Å². The fourth-order valence-corrected chi connectivity index (χ4v) is 2.92. The number of halogens is 1. The van der Waals surface area contributed by atoms with Gasteiger partial charge in [0.2, 0.25) is 0 Å². The van der Waals surface area contributed by atoms with Crippen LogP contribution in [0.4, 0.5) is 0 Å². The minimum atomic E-state index is 0. The maximum absolute atomic E-state index is 5.68. The van der Waals surface area contributed by atoms with Gasteiger partial charge in [-0.15, -0.1) is 35.3 Å². The number of benzene rings is 1. The van der Waals surface area contributed by atoms with E-state index in [-0.39, 0.29) is 24.0 Å². The van der Waals surface area contributed by atoms with Crippen LogP contribution in [0, 0.1) is 0 Å². The fourth-order valence-electron chi connectivity index (χ4n) is 2.22. The van der Waals surface area contributed by atoms with Gasteiger partial charge >= 0.3 is 0 Å². The number of guanidine groups is 1. The van der Waals surface area contributed by atoms with Gasteiger partial charge in [0.1, 0.15) is 0 Å². The van der Waals surface area contributed by atoms with Gasteiger partial charge in [-0.05, 0) is 23.4 Å². The molecule has 132 valence electrons. The van der Waals surface area contributed by atoms with Crippen molar-refractivity contribution < 1.29 is 4.74 Å². The smallest absolute Gasteiger partial charge is 0.193 e. The molecule has 1 aromatic heterocycles. The number of likely N-dealkylation sites (N-methyl/N-ethyl adjacent to an activating group) is 1. The second kappa shape index (κ2) is 12.3. The Bertz CT molecular complexity index is 575. The van der Waals surface area contributed by atoms with E-state index in [2.05, 4.69) is 51.9 Å². The van der Waals surface area contributed by atoms with Crippen LogP contribution >= 0.6 is 35.3 Å². The van der Waals surface area contributed by atoms with Crippen LogP contribution in [-0.4, -0.2) is 44.7 Å². The number of thiophene rings is 1. The zero-order chi connectivity index (χ0) is 16.3. The Hall–Kier alpha value is -1.12. The molecule has 0 aliphatic heterocycles. The number of aliphatic imine (C=N–C) groups is 1. The molecule has 0 spiro atoms. The van der Waals surface area contributed by atoms with Crippen molar-refractivity contribution >= 4 is 41.3 Å². The number of rotatable bonds is 8. The van der Waals surface area contributed by atoms with Crippen molar-refractivity contribution in [2.24, 2.45) is 4.99 Å². The van der Waals surface area contributed by atoms with E-state index in [9.17, 15) is 0 Å². The predicted molar refractivity (Wildman–Crippen MR) is 114 cm³/mol. The second-order valence-corrected chi connectivity index (χ2v) is 6.30. The summed E-state index contributed by atoms with van der Waals surface area (Å²) in [6.07, 6.45) is 1.04. The van der Waals surface area contributed by atoms with E-state index in [0.717, 1.165) is 25.5 Å². The third-order valence-electron chi connectivity index (χ3n) is 3.49. The van der Waals surface area contributed by atoms with Gasteiger partial charge < -0.3 is 15.0 Å². The van der Waals surface area contributed by atoms with Crippen molar-refractivity contribution in [3.05, 3.63) is 58.3 Å². The first kappa shape index (κ1) is 20.9. The molecule has 0 aliphatic rings. The SMILES string of the molecule is CN=C(NCCOCc1ccccc1)N(C)CCc1cccs1.I. The fraction of sp³-hybridized carbons (Fsp3) is 0.389. The van der Waals surface area contributed by atoms with Crippen LogP contribution in [0.5, 0.6) is 0 Å². The lowest BCUT2D eigenvalue weighted by molar-refractivity contribution is 0.125. The lowest BCUT2D eigenvalue weighted by Gasteiger charge is -2.21. The molecule has 0 radical (unpaired) electrons. The zero-order valence-corrected chi connectivity index (χ0v) is 17.4. The van der Waals surface area contributed by atoms with Gasteiger partial charge in [0.25, 0.3) is 0 Å². The van der Waals surface area contributed by atoms with Gasteiger partial charge in [-0.1, -0.05) is 36.4 Å². The van der Waals surface area contributed by atoms with Crippen molar-refractivity contribution in [1.82, 2.24) is 10.2 Å². The highest BCUT2D eigenvalue weighted by Gasteiger charge is 2.05. The van der Waals surface area contributed by atoms with Gasteiger partial charge in [-0.3, -0.25) is 4.99 Å². The highest BCUT2D eigenvalue weighted by Crippen LogP contribution is 2.09. The van der Waals surface area contributed by atoms with Crippen LogP contribution in [0.3, 0.4) is 0 Å². The Kier molecular flexibility index (Phi) is 10.7. The van der Waals surface area contributed by atoms with Crippen molar-refractivity contribution in [2.45, 2.75) is 13.0 Å². The largest absolute Gasteiger partial charge is 0.375 e. The number of nitrogens with zero attached hydrogens (tertiary/aromatic N) is 2. The van der Waals surface area contributed by atoms with Gasteiger partial charge in [-0.25, -0.2) is 0 Å². The topological polar surface area (TPSA) is 36.9 Å². The highest BCUT2D eigenvalue weighted by molar-refractivity contribution is 14.0. The van der Waals surface area contributed by atoms with E-state index in [1.807, 2.05) is 25.2 Å². The third-order valence-corrected chi connectivity index (χ3v) is 4.42. The first-order valence-corrected chi connectivity index (χ1v) is 8.73. The normalized spacial score (nSPS) is 11.0. The van der Waals surface area contributed by atoms with E-state index in [4.69, 9.17) is 4.74 Å². The molecule has 2 rings (SSSR count). The van der Waals surface area contributed by atoms with Gasteiger partial charge in [0.05, 0.1) is 13.2 Å². The summed E-state index contributed by atoms with van der Waals surface area (Å²) >= 11 is 1.80. The molecule has 24 heavy (non-hydrogen) atoms. The summed E-state index contributed by atoms with van der Waals surface area (Å²) in [5.74, 6) is 0.907. The summed E-state index contributed by atoms with van der Waals surface area (Å²) in [5, 5.41) is 5.46. The van der Waals surface area contributed by atoms with Crippen molar-refractivity contribution in [3.63, 3.8) is 0 Å². The van der Waals surface area contributed by atoms with Gasteiger partial charge in [0.15, 0.2) is 5.96 Å². The van der Waals surface area contributed by atoms with E-state index in [1.165, 1.54) is 10.4 Å². The molecule has 0 saturated carbocycles. The first-order chi connectivity index (χ1) is 11.3. The molecule has 0 unspecified atom stereocenters. The quantitative estimate of drug-likeness (QED) is 0.284. The monoisotopic (exact) mass is 459 g/mol. The van der Waals surface area contributed by atoms with Crippen LogP contribution in [0.1, 0.15) is 10.4 Å². The molecule has 1 heterocycles. The van der Waals surface area contributed by atoms with E-state index in [1.54, 1.807) is 11.3 Å². The molecule has 1 N–H and O–H groups in total. The molecular formula is C18H26IN3OS. The standard InChI is InChI=1S/C18H25N3OS.HI/c1-19-18(21(2)12-10-17-9-6-14-23-17)20-11-13-22-15-16-7-4-3-5-8-16;/h3-9,14H,10-13,15H2,1-2H3,(H,19,20);1H.